The second-order valence-corrected chi connectivity index (χ2v) is 8.44. The van der Waals surface area contributed by atoms with Gasteiger partial charge in [-0.1, -0.05) is 53.9 Å². The van der Waals surface area contributed by atoms with E-state index in [9.17, 15) is 0 Å². The van der Waals surface area contributed by atoms with Crippen LogP contribution < -0.4 is 0 Å². The largest absolute Gasteiger partial charge is 0.127 e. The van der Waals surface area contributed by atoms with Crippen LogP contribution in [0.3, 0.4) is 0 Å². The number of hydrogen-bond acceptors (Lipinski definition) is 0. The Labute approximate surface area is 102 Å². The van der Waals surface area contributed by atoms with Crippen LogP contribution in [0.4, 0.5) is 0 Å². The monoisotopic (exact) mass is 248 g/mol. The lowest BCUT2D eigenvalue weighted by molar-refractivity contribution is 0.305. The van der Waals surface area contributed by atoms with Crippen molar-refractivity contribution in [1.29, 1.82) is 0 Å². The maximum absolute atomic E-state index is 3.07. The van der Waals surface area contributed by atoms with Crippen LogP contribution >= 0.6 is 18.5 Å². The molecule has 0 aliphatic rings. The maximum Gasteiger partial charge on any atom is 0.00232 e. The molecule has 0 rings (SSSR count). The van der Waals surface area contributed by atoms with E-state index in [0.717, 1.165) is 17.8 Å². The molecule has 0 N–H and O–H groups in total. The Morgan fingerprint density at radius 3 is 2.00 bits per heavy atom. The standard InChI is InChI=1S/C13H30P2/c1-6-7-8-11(4)12(5)13(14,15)9-10(2)3/h10-12H,6-9,14-15H2,1-5H3. The third kappa shape index (κ3) is 6.23. The number of hydrogen-bond donors (Lipinski definition) is 0. The molecule has 0 saturated carbocycles. The van der Waals surface area contributed by atoms with Crippen LogP contribution in [-0.2, 0) is 0 Å². The quantitative estimate of drug-likeness (QED) is 0.560. The fourth-order valence-corrected chi connectivity index (χ4v) is 3.80. The summed E-state index contributed by atoms with van der Waals surface area (Å²) in [7, 11) is 6.14. The van der Waals surface area contributed by atoms with Gasteiger partial charge in [-0.3, -0.25) is 0 Å². The van der Waals surface area contributed by atoms with Gasteiger partial charge in [0, 0.05) is 4.90 Å². The van der Waals surface area contributed by atoms with Crippen molar-refractivity contribution < 1.29 is 0 Å². The molecule has 4 atom stereocenters. The van der Waals surface area contributed by atoms with Gasteiger partial charge in [0.25, 0.3) is 0 Å². The molecule has 0 aliphatic heterocycles. The lowest BCUT2D eigenvalue weighted by Crippen LogP contribution is -2.29. The van der Waals surface area contributed by atoms with Gasteiger partial charge in [-0.2, -0.15) is 0 Å². The van der Waals surface area contributed by atoms with E-state index in [-0.39, 0.29) is 0 Å². The van der Waals surface area contributed by atoms with Crippen LogP contribution in [0.25, 0.3) is 0 Å². The Kier molecular flexibility index (Phi) is 7.65. The van der Waals surface area contributed by atoms with E-state index in [1.54, 1.807) is 0 Å². The molecule has 0 spiro atoms. The van der Waals surface area contributed by atoms with Gasteiger partial charge in [-0.15, -0.1) is 18.5 Å². The average Bonchev–Trinajstić information content (AvgIpc) is 2.10. The average molecular weight is 248 g/mol. The summed E-state index contributed by atoms with van der Waals surface area (Å²) in [6.45, 7) is 11.7. The summed E-state index contributed by atoms with van der Waals surface area (Å²) < 4.78 is 0. The van der Waals surface area contributed by atoms with Crippen molar-refractivity contribution in [2.45, 2.75) is 65.2 Å². The van der Waals surface area contributed by atoms with E-state index in [0.29, 0.717) is 4.90 Å². The van der Waals surface area contributed by atoms with Crippen LogP contribution in [0, 0.1) is 17.8 Å². The van der Waals surface area contributed by atoms with Gasteiger partial charge in [-0.25, -0.2) is 0 Å². The molecule has 2 heteroatoms. The van der Waals surface area contributed by atoms with Crippen molar-refractivity contribution >= 4 is 18.5 Å². The van der Waals surface area contributed by atoms with Gasteiger partial charge in [0.1, 0.15) is 0 Å². The molecule has 0 amide bonds. The van der Waals surface area contributed by atoms with Gasteiger partial charge >= 0.3 is 0 Å². The summed E-state index contributed by atoms with van der Waals surface area (Å²) in [5.74, 6) is 2.38. The van der Waals surface area contributed by atoms with Crippen molar-refractivity contribution in [3.05, 3.63) is 0 Å². The smallest absolute Gasteiger partial charge is 0.00232 e. The van der Waals surface area contributed by atoms with Crippen LogP contribution in [0.15, 0.2) is 0 Å². The van der Waals surface area contributed by atoms with Crippen LogP contribution in [-0.4, -0.2) is 4.90 Å². The van der Waals surface area contributed by atoms with Crippen LogP contribution in [0.2, 0.25) is 0 Å². The Balaban J connectivity index is 4.20. The van der Waals surface area contributed by atoms with Crippen molar-refractivity contribution in [2.75, 3.05) is 0 Å². The highest BCUT2D eigenvalue weighted by Crippen LogP contribution is 2.45. The molecule has 0 aliphatic carbocycles. The van der Waals surface area contributed by atoms with E-state index in [1.165, 1.54) is 25.7 Å². The zero-order valence-electron chi connectivity index (χ0n) is 11.2. The molecule has 0 nitrogen and oxygen atoms in total. The first-order valence-electron chi connectivity index (χ1n) is 6.39. The highest BCUT2D eigenvalue weighted by Gasteiger charge is 2.30. The third-order valence-corrected chi connectivity index (χ3v) is 5.00. The summed E-state index contributed by atoms with van der Waals surface area (Å²) in [6, 6.07) is 0. The van der Waals surface area contributed by atoms with E-state index in [4.69, 9.17) is 0 Å². The molecule has 4 unspecified atom stereocenters. The Hall–Kier alpha value is 0.860. The second kappa shape index (κ2) is 7.24. The lowest BCUT2D eigenvalue weighted by Gasteiger charge is -2.37. The molecule has 0 fully saturated rings. The SMILES string of the molecule is CCCCC(C)C(C)C(P)(P)CC(C)C. The third-order valence-electron chi connectivity index (χ3n) is 3.48. The Morgan fingerprint density at radius 2 is 1.60 bits per heavy atom. The predicted molar refractivity (Wildman–Crippen MR) is 79.5 cm³/mol. The summed E-state index contributed by atoms with van der Waals surface area (Å²) in [5.41, 5.74) is 0. The first kappa shape index (κ1) is 15.9. The summed E-state index contributed by atoms with van der Waals surface area (Å²) >= 11 is 0. The van der Waals surface area contributed by atoms with E-state index >= 15 is 0 Å². The van der Waals surface area contributed by atoms with Gasteiger partial charge in [0.05, 0.1) is 0 Å². The van der Waals surface area contributed by atoms with Crippen LogP contribution in [0.1, 0.15) is 60.3 Å². The fourth-order valence-electron chi connectivity index (χ4n) is 2.20. The van der Waals surface area contributed by atoms with Crippen molar-refractivity contribution in [2.24, 2.45) is 17.8 Å². The van der Waals surface area contributed by atoms with E-state index < -0.39 is 0 Å². The minimum atomic E-state index is 0.335. The molecular weight excluding hydrogens is 218 g/mol. The molecule has 0 bridgehead atoms. The van der Waals surface area contributed by atoms with Gasteiger partial charge in [0.15, 0.2) is 0 Å². The summed E-state index contributed by atoms with van der Waals surface area (Å²) in [6.07, 6.45) is 5.35. The zero-order chi connectivity index (χ0) is 12.1. The van der Waals surface area contributed by atoms with E-state index in [2.05, 4.69) is 53.1 Å². The van der Waals surface area contributed by atoms with E-state index in [1.807, 2.05) is 0 Å². The zero-order valence-corrected chi connectivity index (χ0v) is 13.5. The molecule has 0 aromatic rings. The minimum Gasteiger partial charge on any atom is -0.127 e. The van der Waals surface area contributed by atoms with Crippen LogP contribution in [0.5, 0.6) is 0 Å². The Morgan fingerprint density at radius 1 is 1.07 bits per heavy atom. The number of rotatable bonds is 7. The molecular formula is C13H30P2. The first-order valence-corrected chi connectivity index (χ1v) is 7.54. The van der Waals surface area contributed by atoms with Crippen molar-refractivity contribution in [1.82, 2.24) is 0 Å². The highest BCUT2D eigenvalue weighted by atomic mass is 31.1. The van der Waals surface area contributed by atoms with Crippen molar-refractivity contribution in [3.8, 4) is 0 Å². The first-order chi connectivity index (χ1) is 6.81. The van der Waals surface area contributed by atoms with Gasteiger partial charge in [0.2, 0.25) is 0 Å². The maximum atomic E-state index is 3.07. The molecule has 0 heterocycles. The summed E-state index contributed by atoms with van der Waals surface area (Å²) in [5, 5.41) is 0. The van der Waals surface area contributed by atoms with Gasteiger partial charge in [-0.05, 0) is 24.2 Å². The molecule has 15 heavy (non-hydrogen) atoms. The normalized spacial score (nSPS) is 16.8. The Bertz CT molecular complexity index is 164. The fraction of sp³-hybridized carbons (Fsp3) is 1.00. The lowest BCUT2D eigenvalue weighted by atomic mass is 9.85. The minimum absolute atomic E-state index is 0.335. The predicted octanol–water partition coefficient (Wildman–Crippen LogP) is 4.94. The molecule has 0 radical (unpaired) electrons. The molecule has 0 aromatic heterocycles. The summed E-state index contributed by atoms with van der Waals surface area (Å²) in [4.78, 5) is 0.335. The van der Waals surface area contributed by atoms with Crippen molar-refractivity contribution in [3.63, 3.8) is 0 Å². The molecule has 0 saturated heterocycles. The van der Waals surface area contributed by atoms with Gasteiger partial charge < -0.3 is 0 Å². The molecule has 92 valence electrons. The second-order valence-electron chi connectivity index (χ2n) is 5.62. The number of unbranched alkanes of at least 4 members (excludes halogenated alkanes) is 1. The highest BCUT2D eigenvalue weighted by molar-refractivity contribution is 7.39. The molecule has 0 aromatic carbocycles. The topological polar surface area (TPSA) is 0 Å².